The Morgan fingerprint density at radius 2 is 1.95 bits per heavy atom. The third-order valence-electron chi connectivity index (χ3n) is 2.85. The first-order chi connectivity index (χ1) is 8.93. The lowest BCUT2D eigenvalue weighted by Gasteiger charge is -2.10. The second kappa shape index (κ2) is 4.99. The van der Waals surface area contributed by atoms with E-state index in [1.807, 2.05) is 12.1 Å². The maximum absolute atomic E-state index is 11.5. The summed E-state index contributed by atoms with van der Waals surface area (Å²) in [6, 6.07) is 8.52. The Kier molecular flexibility index (Phi) is 3.55. The van der Waals surface area contributed by atoms with Gasteiger partial charge in [-0.05, 0) is 30.2 Å². The molecule has 0 aliphatic rings. The number of sulfonamides is 1. The number of nitrogens with zero attached hydrogens (tertiary/aromatic N) is 1. The Morgan fingerprint density at radius 1 is 1.21 bits per heavy atom. The van der Waals surface area contributed by atoms with Gasteiger partial charge in [0.15, 0.2) is 0 Å². The monoisotopic (exact) mass is 278 g/mol. The summed E-state index contributed by atoms with van der Waals surface area (Å²) < 4.78 is 27.9. The van der Waals surface area contributed by atoms with Crippen LogP contribution in [0, 0.1) is 6.92 Å². The van der Waals surface area contributed by atoms with E-state index in [1.54, 1.807) is 25.3 Å². The summed E-state index contributed by atoms with van der Waals surface area (Å²) in [5, 5.41) is 5.19. The third kappa shape index (κ3) is 2.74. The number of ether oxygens (including phenoxy) is 1. The Hall–Kier alpha value is -1.92. The Bertz CT molecular complexity index is 694. The molecule has 2 aromatic rings. The predicted molar refractivity (Wildman–Crippen MR) is 72.3 cm³/mol. The summed E-state index contributed by atoms with van der Waals surface area (Å²) in [5.74, 6) is 0.504. The van der Waals surface area contributed by atoms with Gasteiger partial charge >= 0.3 is 0 Å². The maximum Gasteiger partial charge on any atom is 0.238 e. The number of aromatic nitrogens is 1. The van der Waals surface area contributed by atoms with Crippen molar-refractivity contribution < 1.29 is 13.2 Å². The van der Waals surface area contributed by atoms with Gasteiger partial charge in [-0.1, -0.05) is 12.1 Å². The standard InChI is InChI=1S/C13H14N2O3S/c1-9-11(4-3-5-12(9)19(14,16)17)10-6-7-13(18-2)15-8-10/h3-8H,1-2H3,(H2,14,16,17). The van der Waals surface area contributed by atoms with Crippen LogP contribution in [0.3, 0.4) is 0 Å². The molecule has 0 aliphatic carbocycles. The number of hydrogen-bond acceptors (Lipinski definition) is 4. The first kappa shape index (κ1) is 13.5. The lowest BCUT2D eigenvalue weighted by Crippen LogP contribution is -2.13. The van der Waals surface area contributed by atoms with E-state index < -0.39 is 10.0 Å². The van der Waals surface area contributed by atoms with Crippen LogP contribution in [0.15, 0.2) is 41.4 Å². The van der Waals surface area contributed by atoms with E-state index >= 15 is 0 Å². The van der Waals surface area contributed by atoms with E-state index in [2.05, 4.69) is 4.98 Å². The molecule has 19 heavy (non-hydrogen) atoms. The number of methoxy groups -OCH3 is 1. The first-order valence-electron chi connectivity index (χ1n) is 5.56. The van der Waals surface area contributed by atoms with Crippen LogP contribution in [0.25, 0.3) is 11.1 Å². The van der Waals surface area contributed by atoms with Crippen molar-refractivity contribution in [3.8, 4) is 17.0 Å². The molecule has 2 rings (SSSR count). The Morgan fingerprint density at radius 3 is 2.47 bits per heavy atom. The number of primary sulfonamides is 1. The van der Waals surface area contributed by atoms with Crippen molar-refractivity contribution in [3.63, 3.8) is 0 Å². The van der Waals surface area contributed by atoms with Crippen molar-refractivity contribution in [3.05, 3.63) is 42.1 Å². The molecule has 0 radical (unpaired) electrons. The van der Waals surface area contributed by atoms with Crippen LogP contribution in [0.1, 0.15) is 5.56 Å². The lowest BCUT2D eigenvalue weighted by molar-refractivity contribution is 0.398. The second-order valence-electron chi connectivity index (χ2n) is 4.06. The van der Waals surface area contributed by atoms with Crippen LogP contribution in [0.5, 0.6) is 5.88 Å². The number of pyridine rings is 1. The highest BCUT2D eigenvalue weighted by Crippen LogP contribution is 2.27. The minimum atomic E-state index is -3.72. The molecule has 100 valence electrons. The predicted octanol–water partition coefficient (Wildman–Crippen LogP) is 1.71. The number of nitrogens with two attached hydrogens (primary N) is 1. The van der Waals surface area contributed by atoms with Gasteiger partial charge in [-0.2, -0.15) is 0 Å². The Labute approximate surface area is 112 Å². The fraction of sp³-hybridized carbons (Fsp3) is 0.154. The average Bonchev–Trinajstić information content (AvgIpc) is 2.38. The molecule has 0 spiro atoms. The summed E-state index contributed by atoms with van der Waals surface area (Å²) in [6.07, 6.45) is 1.63. The molecule has 2 N–H and O–H groups in total. The number of benzene rings is 1. The smallest absolute Gasteiger partial charge is 0.238 e. The summed E-state index contributed by atoms with van der Waals surface area (Å²) in [5.41, 5.74) is 2.20. The molecule has 1 aromatic carbocycles. The largest absolute Gasteiger partial charge is 0.481 e. The van der Waals surface area contributed by atoms with Gasteiger partial charge in [-0.15, -0.1) is 0 Å². The molecule has 0 saturated heterocycles. The van der Waals surface area contributed by atoms with E-state index in [1.165, 1.54) is 13.2 Å². The highest BCUT2D eigenvalue weighted by molar-refractivity contribution is 7.89. The molecule has 0 amide bonds. The van der Waals surface area contributed by atoms with Crippen LogP contribution < -0.4 is 9.88 Å². The zero-order valence-electron chi connectivity index (χ0n) is 10.6. The summed E-state index contributed by atoms with van der Waals surface area (Å²) in [4.78, 5) is 4.23. The SMILES string of the molecule is COc1ccc(-c2cccc(S(N)(=O)=O)c2C)cn1. The molecule has 1 heterocycles. The number of hydrogen-bond donors (Lipinski definition) is 1. The van der Waals surface area contributed by atoms with E-state index in [4.69, 9.17) is 9.88 Å². The van der Waals surface area contributed by atoms with Gasteiger partial charge in [-0.25, -0.2) is 18.5 Å². The van der Waals surface area contributed by atoms with Gasteiger partial charge in [0.2, 0.25) is 15.9 Å². The zero-order chi connectivity index (χ0) is 14.0. The maximum atomic E-state index is 11.5. The van der Waals surface area contributed by atoms with Crippen LogP contribution in [0.2, 0.25) is 0 Å². The van der Waals surface area contributed by atoms with E-state index in [9.17, 15) is 8.42 Å². The molecule has 0 atom stereocenters. The van der Waals surface area contributed by atoms with Gasteiger partial charge in [0.25, 0.3) is 0 Å². The van der Waals surface area contributed by atoms with E-state index in [0.717, 1.165) is 11.1 Å². The minimum absolute atomic E-state index is 0.126. The quantitative estimate of drug-likeness (QED) is 0.926. The second-order valence-corrected chi connectivity index (χ2v) is 5.59. The minimum Gasteiger partial charge on any atom is -0.481 e. The normalized spacial score (nSPS) is 11.3. The summed E-state index contributed by atoms with van der Waals surface area (Å²) in [7, 11) is -2.19. The van der Waals surface area contributed by atoms with Gasteiger partial charge in [0.1, 0.15) is 0 Å². The third-order valence-corrected chi connectivity index (χ3v) is 3.90. The molecule has 5 nitrogen and oxygen atoms in total. The molecule has 1 aromatic heterocycles. The van der Waals surface area contributed by atoms with Gasteiger partial charge in [-0.3, -0.25) is 0 Å². The molecule has 0 fully saturated rings. The highest BCUT2D eigenvalue weighted by Gasteiger charge is 2.14. The average molecular weight is 278 g/mol. The molecule has 0 saturated carbocycles. The van der Waals surface area contributed by atoms with Crippen LogP contribution in [0.4, 0.5) is 0 Å². The summed E-state index contributed by atoms with van der Waals surface area (Å²) >= 11 is 0. The highest BCUT2D eigenvalue weighted by atomic mass is 32.2. The molecular formula is C13H14N2O3S. The topological polar surface area (TPSA) is 82.3 Å². The van der Waals surface area contributed by atoms with Crippen LogP contribution in [-0.2, 0) is 10.0 Å². The molecular weight excluding hydrogens is 264 g/mol. The van der Waals surface area contributed by atoms with E-state index in [0.29, 0.717) is 11.4 Å². The molecule has 0 aliphatic heterocycles. The van der Waals surface area contributed by atoms with Crippen molar-refractivity contribution in [2.24, 2.45) is 5.14 Å². The van der Waals surface area contributed by atoms with Gasteiger partial charge in [0.05, 0.1) is 12.0 Å². The lowest BCUT2D eigenvalue weighted by atomic mass is 10.0. The van der Waals surface area contributed by atoms with Crippen molar-refractivity contribution in [2.45, 2.75) is 11.8 Å². The molecule has 0 bridgehead atoms. The van der Waals surface area contributed by atoms with Crippen molar-refractivity contribution in [2.75, 3.05) is 7.11 Å². The fourth-order valence-corrected chi connectivity index (χ4v) is 2.70. The first-order valence-corrected chi connectivity index (χ1v) is 7.11. The van der Waals surface area contributed by atoms with Crippen molar-refractivity contribution in [1.82, 2.24) is 4.98 Å². The van der Waals surface area contributed by atoms with Crippen molar-refractivity contribution in [1.29, 1.82) is 0 Å². The Balaban J connectivity index is 2.57. The van der Waals surface area contributed by atoms with Crippen LogP contribution in [-0.4, -0.2) is 20.5 Å². The summed E-state index contributed by atoms with van der Waals surface area (Å²) in [6.45, 7) is 1.72. The van der Waals surface area contributed by atoms with Gasteiger partial charge in [0, 0.05) is 17.8 Å². The molecule has 0 unspecified atom stereocenters. The number of rotatable bonds is 3. The van der Waals surface area contributed by atoms with Crippen LogP contribution >= 0.6 is 0 Å². The fourth-order valence-electron chi connectivity index (χ4n) is 1.90. The van der Waals surface area contributed by atoms with E-state index in [-0.39, 0.29) is 4.90 Å². The molecule has 6 heteroatoms. The van der Waals surface area contributed by atoms with Crippen molar-refractivity contribution >= 4 is 10.0 Å². The zero-order valence-corrected chi connectivity index (χ0v) is 11.4. The van der Waals surface area contributed by atoms with Gasteiger partial charge < -0.3 is 4.74 Å².